The van der Waals surface area contributed by atoms with Crippen molar-refractivity contribution in [3.05, 3.63) is 71.5 Å². The SMILES string of the molecule is CCC1CN(C(C(=O)O)C2CCCCC2)CC1C.Fc1ccccc1.N#Cc1cccc(CCCC2CCCCC2)c1. The van der Waals surface area contributed by atoms with Gasteiger partial charge in [0.05, 0.1) is 11.6 Å². The predicted molar refractivity (Wildman–Crippen MR) is 170 cm³/mol. The van der Waals surface area contributed by atoms with Gasteiger partial charge in [0, 0.05) is 13.1 Å². The molecule has 2 aromatic rings. The summed E-state index contributed by atoms with van der Waals surface area (Å²) in [6.07, 6.45) is 18.1. The van der Waals surface area contributed by atoms with E-state index in [1.54, 1.807) is 18.2 Å². The zero-order valence-corrected chi connectivity index (χ0v) is 26.0. The van der Waals surface area contributed by atoms with Crippen LogP contribution in [0.1, 0.15) is 108 Å². The molecule has 0 aromatic heterocycles. The van der Waals surface area contributed by atoms with E-state index < -0.39 is 5.97 Å². The molecule has 5 heteroatoms. The smallest absolute Gasteiger partial charge is 0.321 e. The molecule has 3 fully saturated rings. The molecule has 0 amide bonds. The monoisotopic (exact) mass is 576 g/mol. The van der Waals surface area contributed by atoms with Crippen LogP contribution in [0.4, 0.5) is 4.39 Å². The summed E-state index contributed by atoms with van der Waals surface area (Å²) in [5, 5.41) is 18.4. The molecule has 3 unspecified atom stereocenters. The first kappa shape index (κ1) is 33.8. The molecule has 1 N–H and O–H groups in total. The van der Waals surface area contributed by atoms with Crippen LogP contribution in [0.15, 0.2) is 54.6 Å². The second kappa shape index (κ2) is 18.7. The predicted octanol–water partition coefficient (Wildman–Crippen LogP) is 9.28. The van der Waals surface area contributed by atoms with Crippen molar-refractivity contribution in [1.82, 2.24) is 4.90 Å². The van der Waals surface area contributed by atoms with Crippen LogP contribution in [-0.2, 0) is 11.2 Å². The number of nitrogens with zero attached hydrogens (tertiary/aromatic N) is 2. The fraction of sp³-hybridized carbons (Fsp3) is 0.622. The average Bonchev–Trinajstić information content (AvgIpc) is 3.39. The van der Waals surface area contributed by atoms with Crippen LogP contribution < -0.4 is 0 Å². The number of carboxylic acid groups (broad SMARTS) is 1. The first-order valence-corrected chi connectivity index (χ1v) is 16.6. The Kier molecular flexibility index (Phi) is 15.1. The average molecular weight is 577 g/mol. The number of nitriles is 1. The standard InChI is InChI=1S/C16H21N.C15H27NO2.C6H5F/c17-13-16-11-5-10-15(12-16)9-4-8-14-6-2-1-3-7-14;1-3-12-10-16(9-11(12)2)14(15(17)18)13-7-5-4-6-8-13;7-6-4-2-1-3-5-6/h5,10-12,14H,1-4,6-9H2;11-14H,3-10H2,1-2H3,(H,17,18);1-5H. The maximum atomic E-state index is 11.9. The van der Waals surface area contributed by atoms with Gasteiger partial charge in [-0.05, 0) is 79.2 Å². The van der Waals surface area contributed by atoms with Crippen LogP contribution in [0.25, 0.3) is 0 Å². The van der Waals surface area contributed by atoms with Crippen molar-refractivity contribution in [1.29, 1.82) is 5.26 Å². The summed E-state index contributed by atoms with van der Waals surface area (Å²) in [4.78, 5) is 13.9. The van der Waals surface area contributed by atoms with Crippen molar-refractivity contribution < 1.29 is 14.3 Å². The van der Waals surface area contributed by atoms with Gasteiger partial charge in [0.1, 0.15) is 11.9 Å². The highest BCUT2D eigenvalue weighted by atomic mass is 19.1. The number of hydrogen-bond donors (Lipinski definition) is 1. The number of rotatable bonds is 8. The number of aliphatic carboxylic acids is 1. The van der Waals surface area contributed by atoms with Gasteiger partial charge >= 0.3 is 5.97 Å². The minimum Gasteiger partial charge on any atom is -0.480 e. The summed E-state index contributed by atoms with van der Waals surface area (Å²) < 4.78 is 11.9. The van der Waals surface area contributed by atoms with Gasteiger partial charge in [0.2, 0.25) is 0 Å². The number of aryl methyl sites for hydroxylation is 1. The Balaban J connectivity index is 0.000000188. The number of carboxylic acids is 1. The second-order valence-corrected chi connectivity index (χ2v) is 12.8. The molecule has 5 rings (SSSR count). The topological polar surface area (TPSA) is 64.3 Å². The van der Waals surface area contributed by atoms with Crippen molar-refractivity contribution in [2.45, 2.75) is 110 Å². The molecule has 0 radical (unpaired) electrons. The fourth-order valence-corrected chi connectivity index (χ4v) is 7.22. The second-order valence-electron chi connectivity index (χ2n) is 12.8. The Morgan fingerprint density at radius 1 is 0.976 bits per heavy atom. The molecule has 2 aromatic carbocycles. The molecule has 1 heterocycles. The molecule has 0 bridgehead atoms. The van der Waals surface area contributed by atoms with Gasteiger partial charge in [-0.15, -0.1) is 0 Å². The van der Waals surface area contributed by atoms with Crippen LogP contribution in [0, 0.1) is 40.8 Å². The van der Waals surface area contributed by atoms with Gasteiger partial charge < -0.3 is 5.11 Å². The fourth-order valence-electron chi connectivity index (χ4n) is 7.22. The molecule has 3 aliphatic rings. The van der Waals surface area contributed by atoms with Gasteiger partial charge in [-0.3, -0.25) is 9.69 Å². The van der Waals surface area contributed by atoms with Crippen LogP contribution in [-0.4, -0.2) is 35.1 Å². The van der Waals surface area contributed by atoms with E-state index in [9.17, 15) is 14.3 Å². The van der Waals surface area contributed by atoms with E-state index in [4.69, 9.17) is 5.26 Å². The molecule has 1 aliphatic heterocycles. The first-order chi connectivity index (χ1) is 20.4. The third-order valence-corrected chi connectivity index (χ3v) is 9.66. The van der Waals surface area contributed by atoms with Crippen molar-refractivity contribution >= 4 is 5.97 Å². The number of likely N-dealkylation sites (tertiary alicyclic amines) is 1. The highest BCUT2D eigenvalue weighted by molar-refractivity contribution is 5.74. The molecule has 0 spiro atoms. The summed E-state index contributed by atoms with van der Waals surface area (Å²) in [5.41, 5.74) is 2.11. The third-order valence-electron chi connectivity index (χ3n) is 9.66. The van der Waals surface area contributed by atoms with E-state index in [1.807, 2.05) is 18.2 Å². The Labute approximate surface area is 254 Å². The number of carbonyl (C=O) groups is 1. The molecule has 3 atom stereocenters. The largest absolute Gasteiger partial charge is 0.480 e. The Morgan fingerprint density at radius 2 is 1.64 bits per heavy atom. The van der Waals surface area contributed by atoms with Crippen molar-refractivity contribution in [2.24, 2.45) is 23.7 Å². The molecule has 2 aliphatic carbocycles. The summed E-state index contributed by atoms with van der Waals surface area (Å²) in [6, 6.07) is 18.0. The minimum atomic E-state index is -0.592. The third kappa shape index (κ3) is 11.5. The van der Waals surface area contributed by atoms with Gasteiger partial charge in [0.25, 0.3) is 0 Å². The lowest BCUT2D eigenvalue weighted by Gasteiger charge is -2.33. The van der Waals surface area contributed by atoms with Gasteiger partial charge in [-0.1, -0.05) is 108 Å². The molecule has 2 saturated carbocycles. The normalized spacial score (nSPS) is 22.1. The van der Waals surface area contributed by atoms with Gasteiger partial charge in [0.15, 0.2) is 0 Å². The highest BCUT2D eigenvalue weighted by Crippen LogP contribution is 2.34. The van der Waals surface area contributed by atoms with E-state index in [0.717, 1.165) is 43.8 Å². The lowest BCUT2D eigenvalue weighted by molar-refractivity contribution is -0.145. The van der Waals surface area contributed by atoms with Crippen LogP contribution in [0.5, 0.6) is 0 Å². The summed E-state index contributed by atoms with van der Waals surface area (Å²) in [5.74, 6) is 1.94. The van der Waals surface area contributed by atoms with E-state index in [-0.39, 0.29) is 11.9 Å². The number of benzene rings is 2. The molecule has 1 saturated heterocycles. The van der Waals surface area contributed by atoms with Crippen LogP contribution in [0.2, 0.25) is 0 Å². The van der Waals surface area contributed by atoms with E-state index in [0.29, 0.717) is 17.8 Å². The molecule has 42 heavy (non-hydrogen) atoms. The quantitative estimate of drug-likeness (QED) is 0.340. The molecular weight excluding hydrogens is 523 g/mol. The molecule has 230 valence electrons. The summed E-state index contributed by atoms with van der Waals surface area (Å²) >= 11 is 0. The zero-order chi connectivity index (χ0) is 30.2. The Morgan fingerprint density at radius 3 is 2.19 bits per heavy atom. The van der Waals surface area contributed by atoms with E-state index in [1.165, 1.54) is 88.3 Å². The lowest BCUT2D eigenvalue weighted by atomic mass is 9.83. The van der Waals surface area contributed by atoms with Crippen LogP contribution in [0.3, 0.4) is 0 Å². The van der Waals surface area contributed by atoms with Gasteiger partial charge in [-0.25, -0.2) is 4.39 Å². The van der Waals surface area contributed by atoms with E-state index >= 15 is 0 Å². The summed E-state index contributed by atoms with van der Waals surface area (Å²) in [7, 11) is 0. The number of halogens is 1. The van der Waals surface area contributed by atoms with Crippen molar-refractivity contribution in [3.63, 3.8) is 0 Å². The highest BCUT2D eigenvalue weighted by Gasteiger charge is 2.40. The van der Waals surface area contributed by atoms with Crippen molar-refractivity contribution in [3.8, 4) is 6.07 Å². The molecular formula is C37H53FN2O2. The van der Waals surface area contributed by atoms with Crippen LogP contribution >= 0.6 is 0 Å². The number of hydrogen-bond acceptors (Lipinski definition) is 3. The molecule has 4 nitrogen and oxygen atoms in total. The Bertz CT molecular complexity index is 1070. The summed E-state index contributed by atoms with van der Waals surface area (Å²) in [6.45, 7) is 6.46. The maximum absolute atomic E-state index is 11.9. The lowest BCUT2D eigenvalue weighted by Crippen LogP contribution is -2.46. The first-order valence-electron chi connectivity index (χ1n) is 16.6. The Hall–Kier alpha value is -2.71. The van der Waals surface area contributed by atoms with E-state index in [2.05, 4.69) is 30.9 Å². The zero-order valence-electron chi connectivity index (χ0n) is 26.0. The minimum absolute atomic E-state index is 0.178. The van der Waals surface area contributed by atoms with Gasteiger partial charge in [-0.2, -0.15) is 5.26 Å². The maximum Gasteiger partial charge on any atom is 0.321 e. The van der Waals surface area contributed by atoms with Crippen molar-refractivity contribution in [2.75, 3.05) is 13.1 Å².